The van der Waals surface area contributed by atoms with E-state index in [0.29, 0.717) is 12.3 Å². The molecule has 1 atom stereocenters. The topological polar surface area (TPSA) is 39.2 Å². The second kappa shape index (κ2) is 7.01. The number of aromatic nitrogens is 1. The molecule has 96 valence electrons. The van der Waals surface area contributed by atoms with Crippen LogP contribution in [0.25, 0.3) is 0 Å². The second-order valence-corrected chi connectivity index (χ2v) is 6.55. The molecule has 0 fully saturated rings. The van der Waals surface area contributed by atoms with Crippen LogP contribution in [0.1, 0.15) is 43.8 Å². The van der Waals surface area contributed by atoms with Crippen LogP contribution in [-0.2, 0) is 15.3 Å². The molecule has 1 rings (SSSR count). The first-order chi connectivity index (χ1) is 8.02. The number of carbonyl (C=O) groups excluding carboxylic acids is 1. The van der Waals surface area contributed by atoms with E-state index in [2.05, 4.69) is 28.9 Å². The fourth-order valence-electron chi connectivity index (χ4n) is 1.26. The van der Waals surface area contributed by atoms with Gasteiger partial charge in [0.15, 0.2) is 0 Å². The monoisotopic (exact) mass is 273 g/mol. The van der Waals surface area contributed by atoms with Crippen LogP contribution in [0.2, 0.25) is 0 Å². The van der Waals surface area contributed by atoms with Gasteiger partial charge in [0.2, 0.25) is 0 Å². The molecule has 0 N–H and O–H groups in total. The Hall–Kier alpha value is -0.550. The highest BCUT2D eigenvalue weighted by molar-refractivity contribution is 7.99. The van der Waals surface area contributed by atoms with Crippen molar-refractivity contribution in [1.29, 1.82) is 0 Å². The van der Waals surface area contributed by atoms with Crippen LogP contribution in [0.4, 0.5) is 0 Å². The van der Waals surface area contributed by atoms with Gasteiger partial charge in [-0.2, -0.15) is 11.8 Å². The first-order valence-corrected chi connectivity index (χ1v) is 7.58. The zero-order valence-corrected chi connectivity index (χ0v) is 12.4. The standard InChI is InChI=1S/C12H19NO2S2/c1-8(2)12-13-10(7-17-12)6-16-9(3)5-11(14)15-4/h7-9H,5-6H2,1-4H3/t9-/m1/s1. The lowest BCUT2D eigenvalue weighted by Crippen LogP contribution is -2.08. The van der Waals surface area contributed by atoms with Gasteiger partial charge in [0.1, 0.15) is 0 Å². The van der Waals surface area contributed by atoms with E-state index >= 15 is 0 Å². The van der Waals surface area contributed by atoms with Crippen molar-refractivity contribution in [3.63, 3.8) is 0 Å². The first-order valence-electron chi connectivity index (χ1n) is 5.65. The highest BCUT2D eigenvalue weighted by Crippen LogP contribution is 2.24. The lowest BCUT2D eigenvalue weighted by molar-refractivity contribution is -0.140. The van der Waals surface area contributed by atoms with Crippen molar-refractivity contribution >= 4 is 29.1 Å². The largest absolute Gasteiger partial charge is 0.469 e. The molecule has 3 nitrogen and oxygen atoms in total. The molecule has 5 heteroatoms. The van der Waals surface area contributed by atoms with Crippen LogP contribution in [-0.4, -0.2) is 23.3 Å². The van der Waals surface area contributed by atoms with E-state index in [-0.39, 0.29) is 11.2 Å². The van der Waals surface area contributed by atoms with Gasteiger partial charge in [-0.15, -0.1) is 11.3 Å². The maximum atomic E-state index is 11.1. The third kappa shape index (κ3) is 5.08. The van der Waals surface area contributed by atoms with Crippen molar-refractivity contribution in [1.82, 2.24) is 4.98 Å². The Morgan fingerprint density at radius 2 is 2.24 bits per heavy atom. The summed E-state index contributed by atoms with van der Waals surface area (Å²) in [4.78, 5) is 15.6. The average Bonchev–Trinajstić information content (AvgIpc) is 2.75. The summed E-state index contributed by atoms with van der Waals surface area (Å²) in [7, 11) is 1.43. The number of nitrogens with zero attached hydrogens (tertiary/aromatic N) is 1. The van der Waals surface area contributed by atoms with Crippen LogP contribution in [0.15, 0.2) is 5.38 Å². The fraction of sp³-hybridized carbons (Fsp3) is 0.667. The molecule has 1 heterocycles. The van der Waals surface area contributed by atoms with E-state index < -0.39 is 0 Å². The van der Waals surface area contributed by atoms with E-state index in [4.69, 9.17) is 0 Å². The molecule has 0 radical (unpaired) electrons. The van der Waals surface area contributed by atoms with Crippen LogP contribution >= 0.6 is 23.1 Å². The van der Waals surface area contributed by atoms with Crippen molar-refractivity contribution in [3.8, 4) is 0 Å². The number of esters is 1. The number of ether oxygens (including phenoxy) is 1. The van der Waals surface area contributed by atoms with Gasteiger partial charge in [0, 0.05) is 22.3 Å². The Labute approximate surface area is 111 Å². The number of rotatable bonds is 6. The molecule has 0 aliphatic heterocycles. The molecule has 1 aromatic rings. The number of methoxy groups -OCH3 is 1. The fourth-order valence-corrected chi connectivity index (χ4v) is 3.06. The van der Waals surface area contributed by atoms with E-state index in [1.807, 2.05) is 6.92 Å². The van der Waals surface area contributed by atoms with Gasteiger partial charge < -0.3 is 4.74 Å². The summed E-state index contributed by atoms with van der Waals surface area (Å²) in [6.07, 6.45) is 0.461. The minimum Gasteiger partial charge on any atom is -0.469 e. The second-order valence-electron chi connectivity index (χ2n) is 4.23. The lowest BCUT2D eigenvalue weighted by atomic mass is 10.2. The van der Waals surface area contributed by atoms with Crippen molar-refractivity contribution in [3.05, 3.63) is 16.1 Å². The number of hydrogen-bond acceptors (Lipinski definition) is 5. The van der Waals surface area contributed by atoms with Gasteiger partial charge in [-0.1, -0.05) is 20.8 Å². The van der Waals surface area contributed by atoms with Crippen molar-refractivity contribution in [2.75, 3.05) is 7.11 Å². The Morgan fingerprint density at radius 1 is 1.53 bits per heavy atom. The number of carbonyl (C=O) groups is 1. The van der Waals surface area contributed by atoms with Gasteiger partial charge in [0.05, 0.1) is 24.2 Å². The van der Waals surface area contributed by atoms with Crippen molar-refractivity contribution in [2.24, 2.45) is 0 Å². The third-order valence-electron chi connectivity index (χ3n) is 2.26. The van der Waals surface area contributed by atoms with Crippen LogP contribution < -0.4 is 0 Å². The number of thiazole rings is 1. The van der Waals surface area contributed by atoms with E-state index in [9.17, 15) is 4.79 Å². The molecule has 0 saturated heterocycles. The molecule has 0 spiro atoms. The van der Waals surface area contributed by atoms with Crippen LogP contribution in [0, 0.1) is 0 Å². The molecule has 0 unspecified atom stereocenters. The van der Waals surface area contributed by atoms with Crippen LogP contribution in [0.3, 0.4) is 0 Å². The summed E-state index contributed by atoms with van der Waals surface area (Å²) >= 11 is 3.45. The molecular formula is C12H19NO2S2. The molecule has 0 saturated carbocycles. The minimum atomic E-state index is -0.147. The smallest absolute Gasteiger partial charge is 0.306 e. The van der Waals surface area contributed by atoms with E-state index in [1.165, 1.54) is 12.1 Å². The summed E-state index contributed by atoms with van der Waals surface area (Å²) in [6.45, 7) is 6.34. The predicted molar refractivity (Wildman–Crippen MR) is 73.6 cm³/mol. The number of thioether (sulfide) groups is 1. The van der Waals surface area contributed by atoms with Gasteiger partial charge in [-0.25, -0.2) is 4.98 Å². The minimum absolute atomic E-state index is 0.147. The van der Waals surface area contributed by atoms with Gasteiger partial charge >= 0.3 is 5.97 Å². The van der Waals surface area contributed by atoms with Gasteiger partial charge in [-0.3, -0.25) is 4.79 Å². The van der Waals surface area contributed by atoms with Crippen molar-refractivity contribution < 1.29 is 9.53 Å². The highest BCUT2D eigenvalue weighted by atomic mass is 32.2. The maximum Gasteiger partial charge on any atom is 0.306 e. The lowest BCUT2D eigenvalue weighted by Gasteiger charge is -2.08. The van der Waals surface area contributed by atoms with Crippen LogP contribution in [0.5, 0.6) is 0 Å². The zero-order valence-electron chi connectivity index (χ0n) is 10.7. The Balaban J connectivity index is 2.36. The van der Waals surface area contributed by atoms with Gasteiger partial charge in [0.25, 0.3) is 0 Å². The van der Waals surface area contributed by atoms with Gasteiger partial charge in [-0.05, 0) is 0 Å². The maximum absolute atomic E-state index is 11.1. The Kier molecular flexibility index (Phi) is 5.98. The molecule has 17 heavy (non-hydrogen) atoms. The summed E-state index contributed by atoms with van der Waals surface area (Å²) in [5.74, 6) is 1.21. The highest BCUT2D eigenvalue weighted by Gasteiger charge is 2.11. The third-order valence-corrected chi connectivity index (χ3v) is 4.65. The summed E-state index contributed by atoms with van der Waals surface area (Å²) in [6, 6.07) is 0. The Bertz CT molecular complexity index is 363. The van der Waals surface area contributed by atoms with Crippen molar-refractivity contribution in [2.45, 2.75) is 44.1 Å². The van der Waals surface area contributed by atoms with E-state index in [1.54, 1.807) is 23.1 Å². The Morgan fingerprint density at radius 3 is 2.76 bits per heavy atom. The average molecular weight is 273 g/mol. The molecule has 0 amide bonds. The molecule has 0 aliphatic rings. The quantitative estimate of drug-likeness (QED) is 0.744. The van der Waals surface area contributed by atoms with E-state index in [0.717, 1.165) is 11.4 Å². The predicted octanol–water partition coefficient (Wildman–Crippen LogP) is 3.45. The molecular weight excluding hydrogens is 254 g/mol. The normalized spacial score (nSPS) is 12.8. The first kappa shape index (κ1) is 14.5. The molecule has 0 bridgehead atoms. The molecule has 0 aromatic carbocycles. The summed E-state index contributed by atoms with van der Waals surface area (Å²) < 4.78 is 4.64. The SMILES string of the molecule is COC(=O)C[C@@H](C)SCc1csc(C(C)C)n1. The summed E-state index contributed by atoms with van der Waals surface area (Å²) in [5.41, 5.74) is 1.11. The number of hydrogen-bond donors (Lipinski definition) is 0. The molecule has 0 aliphatic carbocycles. The molecule has 1 aromatic heterocycles. The summed E-state index contributed by atoms with van der Waals surface area (Å²) in [5, 5.41) is 3.56. The zero-order chi connectivity index (χ0) is 12.8.